The molecule has 1 aliphatic heterocycles. The largest absolute Gasteiger partial charge is 0.511 e. The Morgan fingerprint density at radius 3 is 2.57 bits per heavy atom. The zero-order valence-corrected chi connectivity index (χ0v) is 20.0. The minimum absolute atomic E-state index is 0.0195. The highest BCUT2D eigenvalue weighted by atomic mass is 32.2. The standard InChI is InChI=1S/C24H29F3N4O3S/c25-24(26,27)35(33,34)30-14-21-20(16-4-5-16)2-1-3-22(21)31(23(15-30)17-6-7-17)13-19-12-18(8-9-28-19)29-10-11-32/h1-3,8-9,12,16-17,23,32H,4-7,10-11,13-15H2,(H,28,29). The number of benzene rings is 1. The Kier molecular flexibility index (Phi) is 6.43. The summed E-state index contributed by atoms with van der Waals surface area (Å²) in [7, 11) is -5.48. The van der Waals surface area contributed by atoms with Crippen molar-refractivity contribution in [2.24, 2.45) is 5.92 Å². The van der Waals surface area contributed by atoms with Gasteiger partial charge >= 0.3 is 15.5 Å². The SMILES string of the molecule is O=S(=O)(N1Cc2c(C3CC3)cccc2N(Cc2cc(NCCO)ccn2)C(C2CC2)C1)C(F)(F)F. The molecule has 1 unspecified atom stereocenters. The summed E-state index contributed by atoms with van der Waals surface area (Å²) in [5.41, 5.74) is -1.44. The van der Waals surface area contributed by atoms with Gasteiger partial charge in [-0.1, -0.05) is 12.1 Å². The first-order valence-electron chi connectivity index (χ1n) is 11.9. The predicted molar refractivity (Wildman–Crippen MR) is 126 cm³/mol. The molecule has 2 fully saturated rings. The van der Waals surface area contributed by atoms with Gasteiger partial charge in [0.2, 0.25) is 0 Å². The van der Waals surface area contributed by atoms with Crippen LogP contribution in [-0.2, 0) is 23.1 Å². The summed E-state index contributed by atoms with van der Waals surface area (Å²) in [5, 5.41) is 12.2. The van der Waals surface area contributed by atoms with Gasteiger partial charge in [0, 0.05) is 43.2 Å². The van der Waals surface area contributed by atoms with Gasteiger partial charge in [0.15, 0.2) is 0 Å². The monoisotopic (exact) mass is 510 g/mol. The summed E-state index contributed by atoms with van der Waals surface area (Å²) >= 11 is 0. The number of anilines is 2. The average molecular weight is 511 g/mol. The molecule has 1 aromatic heterocycles. The minimum atomic E-state index is -5.48. The second-order valence-corrected chi connectivity index (χ2v) is 11.5. The van der Waals surface area contributed by atoms with Crippen molar-refractivity contribution in [2.45, 2.75) is 56.2 Å². The smallest absolute Gasteiger partial charge is 0.395 e. The Morgan fingerprint density at radius 2 is 1.91 bits per heavy atom. The van der Waals surface area contributed by atoms with Gasteiger partial charge < -0.3 is 15.3 Å². The first kappa shape index (κ1) is 24.3. The molecule has 2 saturated carbocycles. The van der Waals surface area contributed by atoms with Gasteiger partial charge in [-0.15, -0.1) is 0 Å². The van der Waals surface area contributed by atoms with Crippen LogP contribution in [0.4, 0.5) is 24.5 Å². The number of nitrogens with one attached hydrogen (secondary N) is 1. The van der Waals surface area contributed by atoms with Crippen molar-refractivity contribution in [1.29, 1.82) is 0 Å². The van der Waals surface area contributed by atoms with Crippen LogP contribution in [0, 0.1) is 5.92 Å². The Balaban J connectivity index is 1.57. The maximum Gasteiger partial charge on any atom is 0.511 e. The summed E-state index contributed by atoms with van der Waals surface area (Å²) in [6.07, 6.45) is 5.26. The fourth-order valence-corrected chi connectivity index (χ4v) is 5.94. The van der Waals surface area contributed by atoms with Crippen LogP contribution in [0.3, 0.4) is 0 Å². The van der Waals surface area contributed by atoms with E-state index >= 15 is 0 Å². The number of hydrogen-bond acceptors (Lipinski definition) is 6. The molecule has 0 radical (unpaired) electrons. The number of aliphatic hydroxyl groups is 1. The molecule has 3 aliphatic rings. The minimum Gasteiger partial charge on any atom is -0.395 e. The third-order valence-electron chi connectivity index (χ3n) is 7.03. The van der Waals surface area contributed by atoms with Crippen LogP contribution in [0.25, 0.3) is 0 Å². The first-order valence-corrected chi connectivity index (χ1v) is 13.4. The molecule has 1 atom stereocenters. The van der Waals surface area contributed by atoms with E-state index in [4.69, 9.17) is 5.11 Å². The maximum absolute atomic E-state index is 13.7. The number of pyridine rings is 1. The molecule has 35 heavy (non-hydrogen) atoms. The van der Waals surface area contributed by atoms with Gasteiger partial charge in [-0.3, -0.25) is 4.98 Å². The molecule has 0 saturated heterocycles. The molecule has 7 nitrogen and oxygen atoms in total. The van der Waals surface area contributed by atoms with Crippen LogP contribution in [0.5, 0.6) is 0 Å². The normalized spacial score (nSPS) is 21.5. The van der Waals surface area contributed by atoms with Crippen molar-refractivity contribution < 1.29 is 26.7 Å². The summed E-state index contributed by atoms with van der Waals surface area (Å²) in [5.74, 6) is 0.371. The van der Waals surface area contributed by atoms with E-state index in [1.807, 2.05) is 24.3 Å². The lowest BCUT2D eigenvalue weighted by Gasteiger charge is -2.34. The van der Waals surface area contributed by atoms with Crippen LogP contribution in [-0.4, -0.2) is 54.1 Å². The number of aromatic nitrogens is 1. The van der Waals surface area contributed by atoms with Gasteiger partial charge in [-0.05, 0) is 66.8 Å². The van der Waals surface area contributed by atoms with Crippen LogP contribution in [0.15, 0.2) is 36.5 Å². The molecular formula is C24H29F3N4O3S. The summed E-state index contributed by atoms with van der Waals surface area (Å²) in [6, 6.07) is 9.00. The quantitative estimate of drug-likeness (QED) is 0.562. The molecule has 190 valence electrons. The number of rotatable bonds is 8. The van der Waals surface area contributed by atoms with Crippen LogP contribution in [0.1, 0.15) is 48.4 Å². The van der Waals surface area contributed by atoms with Crippen LogP contribution < -0.4 is 10.2 Å². The summed E-state index contributed by atoms with van der Waals surface area (Å²) < 4.78 is 66.8. The second kappa shape index (κ2) is 9.25. The molecular weight excluding hydrogens is 481 g/mol. The van der Waals surface area contributed by atoms with Crippen molar-refractivity contribution in [2.75, 3.05) is 29.9 Å². The molecule has 5 rings (SSSR count). The fraction of sp³-hybridized carbons (Fsp3) is 0.542. The van der Waals surface area contributed by atoms with Crippen molar-refractivity contribution in [3.05, 3.63) is 53.3 Å². The van der Waals surface area contributed by atoms with Gasteiger partial charge in [0.25, 0.3) is 0 Å². The van der Waals surface area contributed by atoms with E-state index in [0.29, 0.717) is 28.7 Å². The van der Waals surface area contributed by atoms with Gasteiger partial charge in [-0.25, -0.2) is 8.42 Å². The molecule has 2 N–H and O–H groups in total. The lowest BCUT2D eigenvalue weighted by Crippen LogP contribution is -2.47. The van der Waals surface area contributed by atoms with E-state index in [0.717, 1.165) is 42.6 Å². The third kappa shape index (κ3) is 4.99. The summed E-state index contributed by atoms with van der Waals surface area (Å²) in [6.45, 7) is 0.212. The lowest BCUT2D eigenvalue weighted by atomic mass is 9.99. The topological polar surface area (TPSA) is 85.8 Å². The fourth-order valence-electron chi connectivity index (χ4n) is 5.00. The van der Waals surface area contributed by atoms with E-state index in [9.17, 15) is 21.6 Å². The molecule has 1 aromatic carbocycles. The van der Waals surface area contributed by atoms with Gasteiger partial charge in [0.1, 0.15) is 0 Å². The number of alkyl halides is 3. The zero-order chi connectivity index (χ0) is 24.8. The lowest BCUT2D eigenvalue weighted by molar-refractivity contribution is -0.0492. The number of hydrogen-bond donors (Lipinski definition) is 2. The highest BCUT2D eigenvalue weighted by molar-refractivity contribution is 7.89. The van der Waals surface area contributed by atoms with E-state index in [1.54, 1.807) is 12.3 Å². The Bertz CT molecular complexity index is 1180. The van der Waals surface area contributed by atoms with Crippen molar-refractivity contribution in [1.82, 2.24) is 9.29 Å². The number of nitrogens with zero attached hydrogens (tertiary/aromatic N) is 3. The number of fused-ring (bicyclic) bond motifs is 1. The third-order valence-corrected chi connectivity index (χ3v) is 8.57. The van der Waals surface area contributed by atoms with Crippen LogP contribution in [0.2, 0.25) is 0 Å². The van der Waals surface area contributed by atoms with E-state index in [2.05, 4.69) is 15.2 Å². The van der Waals surface area contributed by atoms with Crippen LogP contribution >= 0.6 is 0 Å². The molecule has 2 aliphatic carbocycles. The molecule has 2 heterocycles. The predicted octanol–water partition coefficient (Wildman–Crippen LogP) is 3.81. The number of sulfonamides is 1. The summed E-state index contributed by atoms with van der Waals surface area (Å²) in [4.78, 5) is 6.55. The van der Waals surface area contributed by atoms with E-state index in [1.165, 1.54) is 0 Å². The average Bonchev–Trinajstić information content (AvgIpc) is 3.70. The zero-order valence-electron chi connectivity index (χ0n) is 19.2. The Labute approximate surface area is 203 Å². The first-order chi connectivity index (χ1) is 16.7. The molecule has 2 aromatic rings. The molecule has 0 amide bonds. The van der Waals surface area contributed by atoms with Crippen molar-refractivity contribution >= 4 is 21.4 Å². The van der Waals surface area contributed by atoms with Gasteiger partial charge in [-0.2, -0.15) is 17.5 Å². The molecule has 0 bridgehead atoms. The highest BCUT2D eigenvalue weighted by Gasteiger charge is 2.53. The Morgan fingerprint density at radius 1 is 1.14 bits per heavy atom. The maximum atomic E-state index is 13.7. The molecule has 11 heteroatoms. The van der Waals surface area contributed by atoms with Gasteiger partial charge in [0.05, 0.1) is 18.8 Å². The molecule has 0 spiro atoms. The second-order valence-electron chi connectivity index (χ2n) is 9.58. The van der Waals surface area contributed by atoms with E-state index in [-0.39, 0.29) is 31.5 Å². The number of halogens is 3. The highest BCUT2D eigenvalue weighted by Crippen LogP contribution is 2.48. The number of aliphatic hydroxyl groups excluding tert-OH is 1. The van der Waals surface area contributed by atoms with Crippen molar-refractivity contribution in [3.63, 3.8) is 0 Å². The van der Waals surface area contributed by atoms with E-state index < -0.39 is 21.6 Å². The van der Waals surface area contributed by atoms with Crippen molar-refractivity contribution in [3.8, 4) is 0 Å². The Hall–Kier alpha value is -2.37.